The minimum Gasteiger partial charge on any atom is -0.456 e. The third-order valence-electron chi connectivity index (χ3n) is 5.09. The summed E-state index contributed by atoms with van der Waals surface area (Å²) in [4.78, 5) is 24.1. The van der Waals surface area contributed by atoms with Gasteiger partial charge in [0.25, 0.3) is 0 Å². The highest BCUT2D eigenvalue weighted by molar-refractivity contribution is 5.80. The molecule has 1 saturated carbocycles. The Hall–Kier alpha value is -1.06. The fourth-order valence-electron chi connectivity index (χ4n) is 2.84. The lowest BCUT2D eigenvalue weighted by atomic mass is 9.68. The summed E-state index contributed by atoms with van der Waals surface area (Å²) in [7, 11) is 0. The van der Waals surface area contributed by atoms with Gasteiger partial charge in [-0.3, -0.25) is 4.79 Å². The Balaban J connectivity index is 2.64. The monoisotopic (exact) mass is 312 g/mol. The van der Waals surface area contributed by atoms with Crippen molar-refractivity contribution >= 4 is 11.9 Å². The average Bonchev–Trinajstić information content (AvgIpc) is 2.44. The van der Waals surface area contributed by atoms with Crippen molar-refractivity contribution in [2.45, 2.75) is 85.7 Å². The molecule has 0 N–H and O–H groups in total. The molecule has 4 nitrogen and oxygen atoms in total. The van der Waals surface area contributed by atoms with Crippen LogP contribution in [0.25, 0.3) is 0 Å². The molecule has 0 atom stereocenters. The zero-order chi connectivity index (χ0) is 17.0. The molecule has 1 aliphatic rings. The normalized spacial score (nSPS) is 18.6. The van der Waals surface area contributed by atoms with Crippen LogP contribution < -0.4 is 0 Å². The fourth-order valence-corrected chi connectivity index (χ4v) is 2.84. The van der Waals surface area contributed by atoms with Crippen LogP contribution in [0.3, 0.4) is 0 Å². The molecule has 0 aromatic carbocycles. The number of carbonyl (C=O) groups excluding carboxylic acids is 2. The Morgan fingerprint density at radius 1 is 1.00 bits per heavy atom. The third kappa shape index (κ3) is 4.47. The average molecular weight is 312 g/mol. The first kappa shape index (κ1) is 19.0. The van der Waals surface area contributed by atoms with E-state index in [1.807, 2.05) is 20.8 Å². The smallest absolute Gasteiger partial charge is 0.344 e. The lowest BCUT2D eigenvalue weighted by molar-refractivity contribution is -0.188. The molecule has 0 unspecified atom stereocenters. The summed E-state index contributed by atoms with van der Waals surface area (Å²) in [6, 6.07) is 0. The van der Waals surface area contributed by atoms with E-state index in [0.717, 1.165) is 25.7 Å². The first-order chi connectivity index (χ1) is 10.0. The van der Waals surface area contributed by atoms with Crippen molar-refractivity contribution in [2.24, 2.45) is 10.8 Å². The van der Waals surface area contributed by atoms with Crippen molar-refractivity contribution in [3.63, 3.8) is 0 Å². The van der Waals surface area contributed by atoms with Crippen molar-refractivity contribution in [1.82, 2.24) is 0 Å². The maximum atomic E-state index is 12.2. The van der Waals surface area contributed by atoms with Gasteiger partial charge in [0.2, 0.25) is 0 Å². The van der Waals surface area contributed by atoms with Gasteiger partial charge in [0, 0.05) is 5.41 Å². The van der Waals surface area contributed by atoms with Crippen LogP contribution in [-0.2, 0) is 19.1 Å². The summed E-state index contributed by atoms with van der Waals surface area (Å²) in [5, 5.41) is 0. The lowest BCUT2D eigenvalue weighted by Gasteiger charge is -2.46. The third-order valence-corrected chi connectivity index (χ3v) is 5.09. The molecule has 128 valence electrons. The summed E-state index contributed by atoms with van der Waals surface area (Å²) in [5.74, 6) is -0.780. The number of esters is 2. The number of ether oxygens (including phenoxy) is 2. The molecule has 0 aromatic rings. The van der Waals surface area contributed by atoms with Gasteiger partial charge >= 0.3 is 11.9 Å². The van der Waals surface area contributed by atoms with Gasteiger partial charge in [0.05, 0.1) is 5.41 Å². The topological polar surface area (TPSA) is 52.6 Å². The first-order valence-corrected chi connectivity index (χ1v) is 8.43. The largest absolute Gasteiger partial charge is 0.456 e. The van der Waals surface area contributed by atoms with Gasteiger partial charge in [-0.15, -0.1) is 0 Å². The maximum Gasteiger partial charge on any atom is 0.344 e. The fraction of sp³-hybridized carbons (Fsp3) is 0.889. The molecule has 0 spiro atoms. The van der Waals surface area contributed by atoms with Crippen LogP contribution >= 0.6 is 0 Å². The van der Waals surface area contributed by atoms with Crippen molar-refractivity contribution in [1.29, 1.82) is 0 Å². The highest BCUT2D eigenvalue weighted by Gasteiger charge is 2.46. The van der Waals surface area contributed by atoms with Crippen molar-refractivity contribution in [2.75, 3.05) is 6.61 Å². The van der Waals surface area contributed by atoms with E-state index in [0.29, 0.717) is 6.42 Å². The van der Waals surface area contributed by atoms with Crippen LogP contribution in [0.1, 0.15) is 80.1 Å². The van der Waals surface area contributed by atoms with Gasteiger partial charge < -0.3 is 9.47 Å². The van der Waals surface area contributed by atoms with Gasteiger partial charge in [0.15, 0.2) is 6.61 Å². The highest BCUT2D eigenvalue weighted by Crippen LogP contribution is 2.45. The molecule has 0 saturated heterocycles. The van der Waals surface area contributed by atoms with Gasteiger partial charge in [-0.2, -0.15) is 0 Å². The zero-order valence-electron chi connectivity index (χ0n) is 15.1. The van der Waals surface area contributed by atoms with E-state index >= 15 is 0 Å². The van der Waals surface area contributed by atoms with Crippen molar-refractivity contribution in [3.05, 3.63) is 0 Å². The van der Waals surface area contributed by atoms with Crippen molar-refractivity contribution in [3.8, 4) is 0 Å². The molecule has 1 fully saturated rings. The summed E-state index contributed by atoms with van der Waals surface area (Å²) >= 11 is 0. The Morgan fingerprint density at radius 2 is 1.55 bits per heavy atom. The zero-order valence-corrected chi connectivity index (χ0v) is 15.1. The Kier molecular flexibility index (Phi) is 6.05. The SMILES string of the molecule is CCC(C)(C)C(=O)OCC(=O)OC1(C(C)(C)C)CCCCC1. The van der Waals surface area contributed by atoms with Gasteiger partial charge in [0.1, 0.15) is 5.60 Å². The molecule has 0 aliphatic heterocycles. The number of rotatable bonds is 5. The van der Waals surface area contributed by atoms with Gasteiger partial charge in [-0.1, -0.05) is 34.1 Å². The second kappa shape index (κ2) is 7.01. The van der Waals surface area contributed by atoms with E-state index in [4.69, 9.17) is 9.47 Å². The second-order valence-corrected chi connectivity index (χ2v) is 8.09. The predicted molar refractivity (Wildman–Crippen MR) is 86.4 cm³/mol. The minimum atomic E-state index is -0.563. The number of hydrogen-bond acceptors (Lipinski definition) is 4. The molecule has 1 aliphatic carbocycles. The Labute approximate surface area is 134 Å². The van der Waals surface area contributed by atoms with Gasteiger partial charge in [-0.25, -0.2) is 4.79 Å². The van der Waals surface area contributed by atoms with Crippen LogP contribution in [0.4, 0.5) is 0 Å². The molecule has 22 heavy (non-hydrogen) atoms. The van der Waals surface area contributed by atoms with E-state index in [9.17, 15) is 9.59 Å². The van der Waals surface area contributed by atoms with Crippen LogP contribution in [0.15, 0.2) is 0 Å². The molecule has 0 aromatic heterocycles. The Bertz CT molecular complexity index is 398. The quantitative estimate of drug-likeness (QED) is 0.712. The standard InChI is InChI=1S/C18H32O4/c1-7-17(5,6)15(20)21-13-14(19)22-18(16(2,3)4)11-9-8-10-12-18/h7-13H2,1-6H3. The van der Waals surface area contributed by atoms with E-state index in [-0.39, 0.29) is 18.0 Å². The van der Waals surface area contributed by atoms with E-state index in [2.05, 4.69) is 20.8 Å². The molecule has 0 heterocycles. The molecule has 0 bridgehead atoms. The summed E-state index contributed by atoms with van der Waals surface area (Å²) in [6.07, 6.45) is 5.79. The highest BCUT2D eigenvalue weighted by atomic mass is 16.6. The van der Waals surface area contributed by atoms with Gasteiger partial charge in [-0.05, 0) is 46.0 Å². The van der Waals surface area contributed by atoms with E-state index < -0.39 is 17.0 Å². The summed E-state index contributed by atoms with van der Waals surface area (Å²) in [5.41, 5.74) is -1.11. The second-order valence-electron chi connectivity index (χ2n) is 8.09. The van der Waals surface area contributed by atoms with E-state index in [1.165, 1.54) is 6.42 Å². The molecule has 4 heteroatoms. The number of carbonyl (C=O) groups is 2. The van der Waals surface area contributed by atoms with Crippen LogP contribution in [0, 0.1) is 10.8 Å². The Morgan fingerprint density at radius 3 is 2.00 bits per heavy atom. The lowest BCUT2D eigenvalue weighted by Crippen LogP contribution is -2.49. The van der Waals surface area contributed by atoms with Crippen LogP contribution in [0.5, 0.6) is 0 Å². The number of hydrogen-bond donors (Lipinski definition) is 0. The van der Waals surface area contributed by atoms with Crippen LogP contribution in [0.2, 0.25) is 0 Å². The maximum absolute atomic E-state index is 12.2. The summed E-state index contributed by atoms with van der Waals surface area (Å²) in [6.45, 7) is 11.6. The molecule has 0 amide bonds. The molecule has 1 rings (SSSR count). The molecular weight excluding hydrogens is 280 g/mol. The predicted octanol–water partition coefficient (Wildman–Crippen LogP) is 4.26. The molecular formula is C18H32O4. The minimum absolute atomic E-state index is 0.115. The van der Waals surface area contributed by atoms with Crippen molar-refractivity contribution < 1.29 is 19.1 Å². The molecule has 0 radical (unpaired) electrons. The first-order valence-electron chi connectivity index (χ1n) is 8.43. The van der Waals surface area contributed by atoms with E-state index in [1.54, 1.807) is 0 Å². The van der Waals surface area contributed by atoms with Crippen LogP contribution in [-0.4, -0.2) is 24.1 Å². The summed E-state index contributed by atoms with van der Waals surface area (Å²) < 4.78 is 11.0.